The van der Waals surface area contributed by atoms with E-state index in [1.165, 1.54) is 35.9 Å². The SMILES string of the molecule is C[C@@H]1N[C@H]2CC(C)(C)CC[C@@H]2c2c1[nH]c1ccccc21. The van der Waals surface area contributed by atoms with Crippen LogP contribution in [0.4, 0.5) is 0 Å². The van der Waals surface area contributed by atoms with Crippen LogP contribution in [-0.2, 0) is 0 Å². The Morgan fingerprint density at radius 3 is 2.85 bits per heavy atom. The summed E-state index contributed by atoms with van der Waals surface area (Å²) in [6.07, 6.45) is 3.94. The molecule has 1 fully saturated rings. The van der Waals surface area contributed by atoms with Crippen molar-refractivity contribution in [2.45, 2.75) is 58.0 Å². The van der Waals surface area contributed by atoms with Crippen LogP contribution in [0, 0.1) is 5.41 Å². The fraction of sp³-hybridized carbons (Fsp3) is 0.556. The minimum atomic E-state index is 0.438. The van der Waals surface area contributed by atoms with E-state index in [0.717, 1.165) is 0 Å². The number of H-pyrrole nitrogens is 1. The molecule has 1 aromatic heterocycles. The highest BCUT2D eigenvalue weighted by atomic mass is 15.0. The number of nitrogens with one attached hydrogen (secondary N) is 2. The average molecular weight is 268 g/mol. The monoisotopic (exact) mass is 268 g/mol. The normalized spacial score (nSPS) is 31.9. The van der Waals surface area contributed by atoms with Crippen LogP contribution in [0.1, 0.15) is 63.3 Å². The number of rotatable bonds is 0. The predicted octanol–water partition coefficient (Wildman–Crippen LogP) is 4.49. The maximum atomic E-state index is 3.86. The summed E-state index contributed by atoms with van der Waals surface area (Å²) >= 11 is 0. The molecule has 20 heavy (non-hydrogen) atoms. The fourth-order valence-electron chi connectivity index (χ4n) is 4.44. The summed E-state index contributed by atoms with van der Waals surface area (Å²) in [6.45, 7) is 7.13. The molecule has 2 heterocycles. The minimum Gasteiger partial charge on any atom is -0.357 e. The van der Waals surface area contributed by atoms with Gasteiger partial charge in [0.15, 0.2) is 0 Å². The zero-order valence-corrected chi connectivity index (χ0v) is 12.7. The Morgan fingerprint density at radius 1 is 1.20 bits per heavy atom. The fourth-order valence-corrected chi connectivity index (χ4v) is 4.44. The number of fused-ring (bicyclic) bond motifs is 5. The number of aromatic amines is 1. The van der Waals surface area contributed by atoms with Crippen LogP contribution < -0.4 is 5.32 Å². The highest BCUT2D eigenvalue weighted by Gasteiger charge is 2.41. The molecule has 2 nitrogen and oxygen atoms in total. The Labute approximate surface area is 121 Å². The molecule has 1 aliphatic heterocycles. The highest BCUT2D eigenvalue weighted by molar-refractivity contribution is 5.85. The van der Waals surface area contributed by atoms with E-state index in [1.807, 2.05) is 0 Å². The molecule has 0 spiro atoms. The summed E-state index contributed by atoms with van der Waals surface area (Å²) in [7, 11) is 0. The van der Waals surface area contributed by atoms with Gasteiger partial charge in [0.05, 0.1) is 0 Å². The van der Waals surface area contributed by atoms with Gasteiger partial charge in [0.2, 0.25) is 0 Å². The Hall–Kier alpha value is -1.28. The lowest BCUT2D eigenvalue weighted by atomic mass is 9.66. The lowest BCUT2D eigenvalue weighted by molar-refractivity contribution is 0.159. The number of para-hydroxylation sites is 1. The second kappa shape index (κ2) is 4.11. The maximum absolute atomic E-state index is 3.86. The third-order valence-electron chi connectivity index (χ3n) is 5.43. The topological polar surface area (TPSA) is 27.8 Å². The second-order valence-electron chi connectivity index (χ2n) is 7.51. The van der Waals surface area contributed by atoms with Crippen molar-refractivity contribution in [1.29, 1.82) is 0 Å². The van der Waals surface area contributed by atoms with Crippen molar-refractivity contribution in [3.05, 3.63) is 35.5 Å². The molecule has 0 saturated heterocycles. The first-order chi connectivity index (χ1) is 9.55. The molecule has 1 aliphatic carbocycles. The lowest BCUT2D eigenvalue weighted by Gasteiger charge is -2.45. The van der Waals surface area contributed by atoms with Crippen LogP contribution in [-0.4, -0.2) is 11.0 Å². The van der Waals surface area contributed by atoms with E-state index in [4.69, 9.17) is 0 Å². The average Bonchev–Trinajstić information content (AvgIpc) is 2.78. The molecule has 1 saturated carbocycles. The van der Waals surface area contributed by atoms with Crippen LogP contribution in [0.15, 0.2) is 24.3 Å². The van der Waals surface area contributed by atoms with E-state index in [1.54, 1.807) is 5.56 Å². The van der Waals surface area contributed by atoms with E-state index in [2.05, 4.69) is 55.3 Å². The van der Waals surface area contributed by atoms with Crippen molar-refractivity contribution in [1.82, 2.24) is 10.3 Å². The predicted molar refractivity (Wildman–Crippen MR) is 84.0 cm³/mol. The van der Waals surface area contributed by atoms with E-state index >= 15 is 0 Å². The molecule has 2 N–H and O–H groups in total. The van der Waals surface area contributed by atoms with Gasteiger partial charge in [-0.15, -0.1) is 0 Å². The summed E-state index contributed by atoms with van der Waals surface area (Å²) in [6, 6.07) is 9.88. The van der Waals surface area contributed by atoms with Crippen molar-refractivity contribution in [3.63, 3.8) is 0 Å². The third kappa shape index (κ3) is 1.74. The standard InChI is InChI=1S/C18H24N2/c1-11-17-16(12-6-4-5-7-14(12)20-17)13-8-9-18(2,3)10-15(13)19-11/h4-7,11,13,15,19-20H,8-10H2,1-3H3/t11-,13-,15-/m0/s1. The van der Waals surface area contributed by atoms with Crippen LogP contribution in [0.3, 0.4) is 0 Å². The molecule has 0 amide bonds. The number of hydrogen-bond donors (Lipinski definition) is 2. The van der Waals surface area contributed by atoms with Gasteiger partial charge in [0.25, 0.3) is 0 Å². The van der Waals surface area contributed by atoms with Crippen molar-refractivity contribution in [2.24, 2.45) is 5.41 Å². The van der Waals surface area contributed by atoms with Crippen LogP contribution in [0.25, 0.3) is 10.9 Å². The molecule has 0 radical (unpaired) electrons. The van der Waals surface area contributed by atoms with Crippen LogP contribution in [0.2, 0.25) is 0 Å². The van der Waals surface area contributed by atoms with Gasteiger partial charge in [-0.3, -0.25) is 0 Å². The Morgan fingerprint density at radius 2 is 2.00 bits per heavy atom. The number of benzene rings is 1. The summed E-state index contributed by atoms with van der Waals surface area (Å²) in [5, 5.41) is 5.31. The molecular weight excluding hydrogens is 244 g/mol. The zero-order chi connectivity index (χ0) is 13.9. The van der Waals surface area contributed by atoms with Crippen LogP contribution >= 0.6 is 0 Å². The summed E-state index contributed by atoms with van der Waals surface area (Å²) < 4.78 is 0. The highest BCUT2D eigenvalue weighted by Crippen LogP contribution is 2.49. The molecule has 4 rings (SSSR count). The molecule has 3 atom stereocenters. The summed E-state index contributed by atoms with van der Waals surface area (Å²) in [5.41, 5.74) is 4.81. The Kier molecular flexibility index (Phi) is 2.56. The van der Waals surface area contributed by atoms with E-state index in [9.17, 15) is 0 Å². The van der Waals surface area contributed by atoms with Gasteiger partial charge in [0, 0.05) is 34.6 Å². The van der Waals surface area contributed by atoms with Gasteiger partial charge in [-0.1, -0.05) is 32.0 Å². The molecule has 2 heteroatoms. The molecule has 106 valence electrons. The largest absolute Gasteiger partial charge is 0.357 e. The van der Waals surface area contributed by atoms with Gasteiger partial charge >= 0.3 is 0 Å². The first-order valence-electron chi connectivity index (χ1n) is 7.92. The Bertz CT molecular complexity index is 652. The minimum absolute atomic E-state index is 0.438. The first-order valence-corrected chi connectivity index (χ1v) is 7.92. The van der Waals surface area contributed by atoms with Gasteiger partial charge in [-0.05, 0) is 43.2 Å². The zero-order valence-electron chi connectivity index (χ0n) is 12.7. The van der Waals surface area contributed by atoms with Crippen LogP contribution in [0.5, 0.6) is 0 Å². The quantitative estimate of drug-likeness (QED) is 0.723. The molecule has 1 aromatic carbocycles. The van der Waals surface area contributed by atoms with E-state index in [-0.39, 0.29) is 0 Å². The Balaban J connectivity index is 1.86. The summed E-state index contributed by atoms with van der Waals surface area (Å²) in [4.78, 5) is 3.66. The molecule has 2 aliphatic rings. The van der Waals surface area contributed by atoms with Crippen molar-refractivity contribution in [2.75, 3.05) is 0 Å². The number of hydrogen-bond acceptors (Lipinski definition) is 1. The molecule has 0 unspecified atom stereocenters. The van der Waals surface area contributed by atoms with Gasteiger partial charge in [0.1, 0.15) is 0 Å². The summed E-state index contributed by atoms with van der Waals surface area (Å²) in [5.74, 6) is 0.686. The maximum Gasteiger partial charge on any atom is 0.0459 e. The van der Waals surface area contributed by atoms with Gasteiger partial charge in [-0.25, -0.2) is 0 Å². The van der Waals surface area contributed by atoms with Gasteiger partial charge in [-0.2, -0.15) is 0 Å². The second-order valence-corrected chi connectivity index (χ2v) is 7.51. The molecule has 2 aromatic rings. The third-order valence-corrected chi connectivity index (χ3v) is 5.43. The van der Waals surface area contributed by atoms with E-state index < -0.39 is 0 Å². The van der Waals surface area contributed by atoms with E-state index in [0.29, 0.717) is 23.4 Å². The lowest BCUT2D eigenvalue weighted by Crippen LogP contribution is -2.46. The smallest absolute Gasteiger partial charge is 0.0459 e. The molecule has 0 bridgehead atoms. The molecular formula is C18H24N2. The van der Waals surface area contributed by atoms with Crippen molar-refractivity contribution in [3.8, 4) is 0 Å². The number of aromatic nitrogens is 1. The van der Waals surface area contributed by atoms with Crippen molar-refractivity contribution < 1.29 is 0 Å². The first kappa shape index (κ1) is 12.5. The van der Waals surface area contributed by atoms with Crippen molar-refractivity contribution >= 4 is 10.9 Å². The van der Waals surface area contributed by atoms with Gasteiger partial charge < -0.3 is 10.3 Å².